The lowest BCUT2D eigenvalue weighted by Crippen LogP contribution is -2.25. The average Bonchev–Trinajstić information content (AvgIpc) is 2.41. The van der Waals surface area contributed by atoms with Crippen molar-refractivity contribution in [1.29, 1.82) is 5.26 Å². The Morgan fingerprint density at radius 3 is 3.11 bits per heavy atom. The van der Waals surface area contributed by atoms with Crippen LogP contribution in [0.2, 0.25) is 0 Å². The number of ether oxygens (including phenoxy) is 1. The van der Waals surface area contributed by atoms with Crippen molar-refractivity contribution in [1.82, 2.24) is 4.98 Å². The van der Waals surface area contributed by atoms with E-state index in [-0.39, 0.29) is 6.10 Å². The summed E-state index contributed by atoms with van der Waals surface area (Å²) >= 11 is 0. The normalized spacial score (nSPS) is 23.3. The summed E-state index contributed by atoms with van der Waals surface area (Å²) in [6, 6.07) is 3.66. The highest BCUT2D eigenvalue weighted by Gasteiger charge is 2.23. The average molecular weight is 245 g/mol. The van der Waals surface area contributed by atoms with Gasteiger partial charge in [0.05, 0.1) is 5.56 Å². The summed E-state index contributed by atoms with van der Waals surface area (Å²) in [6.07, 6.45) is 7.56. The molecule has 2 rings (SSSR count). The third-order valence-corrected chi connectivity index (χ3v) is 3.66. The molecule has 2 N–H and O–H groups in total. The summed E-state index contributed by atoms with van der Waals surface area (Å²) in [5, 5.41) is 8.92. The van der Waals surface area contributed by atoms with Gasteiger partial charge in [-0.2, -0.15) is 5.26 Å². The van der Waals surface area contributed by atoms with Gasteiger partial charge in [0.2, 0.25) is 5.88 Å². The van der Waals surface area contributed by atoms with E-state index in [1.807, 2.05) is 6.07 Å². The first kappa shape index (κ1) is 12.7. The number of pyridine rings is 1. The van der Waals surface area contributed by atoms with Gasteiger partial charge in [-0.3, -0.25) is 0 Å². The third kappa shape index (κ3) is 2.73. The zero-order valence-electron chi connectivity index (χ0n) is 10.7. The summed E-state index contributed by atoms with van der Waals surface area (Å²) < 4.78 is 5.87. The zero-order valence-corrected chi connectivity index (χ0v) is 10.7. The number of hydrogen-bond acceptors (Lipinski definition) is 4. The smallest absolute Gasteiger partial charge is 0.238 e. The van der Waals surface area contributed by atoms with Gasteiger partial charge in [-0.15, -0.1) is 0 Å². The van der Waals surface area contributed by atoms with Crippen molar-refractivity contribution in [2.75, 3.05) is 5.73 Å². The first-order valence-electron chi connectivity index (χ1n) is 6.55. The molecular weight excluding hydrogens is 226 g/mol. The van der Waals surface area contributed by atoms with E-state index in [0.717, 1.165) is 18.8 Å². The number of nitrogens with two attached hydrogens (primary N) is 1. The van der Waals surface area contributed by atoms with E-state index in [9.17, 15) is 0 Å². The molecule has 2 atom stereocenters. The van der Waals surface area contributed by atoms with Crippen LogP contribution in [0.1, 0.15) is 44.6 Å². The minimum absolute atomic E-state index is 0.187. The second kappa shape index (κ2) is 5.72. The second-order valence-electron chi connectivity index (χ2n) is 4.87. The Morgan fingerprint density at radius 1 is 1.56 bits per heavy atom. The molecule has 0 aliphatic heterocycles. The minimum Gasteiger partial charge on any atom is -0.473 e. The lowest BCUT2D eigenvalue weighted by Gasteiger charge is -2.28. The van der Waals surface area contributed by atoms with Crippen LogP contribution in [-0.2, 0) is 0 Å². The molecule has 0 amide bonds. The number of hydrogen-bond donors (Lipinski definition) is 1. The Bertz CT molecular complexity index is 453. The van der Waals surface area contributed by atoms with Crippen molar-refractivity contribution >= 4 is 5.69 Å². The number of nitrogens with zero attached hydrogens (tertiary/aromatic N) is 2. The summed E-state index contributed by atoms with van der Waals surface area (Å²) in [5.41, 5.74) is 6.66. The summed E-state index contributed by atoms with van der Waals surface area (Å²) in [5.74, 6) is 1.15. The Hall–Kier alpha value is -1.76. The molecule has 0 saturated heterocycles. The van der Waals surface area contributed by atoms with Gasteiger partial charge in [-0.1, -0.05) is 19.8 Å². The van der Waals surface area contributed by atoms with Crippen molar-refractivity contribution in [2.45, 2.75) is 45.1 Å². The number of rotatable bonds is 3. The van der Waals surface area contributed by atoms with E-state index >= 15 is 0 Å². The molecule has 1 fully saturated rings. The molecule has 96 valence electrons. The molecule has 1 aliphatic rings. The zero-order chi connectivity index (χ0) is 13.0. The SMILES string of the molecule is CCC1CCCC(Oc2nccc(C#N)c2N)C1. The van der Waals surface area contributed by atoms with Gasteiger partial charge in [0.1, 0.15) is 17.9 Å². The minimum atomic E-state index is 0.187. The quantitative estimate of drug-likeness (QED) is 0.888. The van der Waals surface area contributed by atoms with Crippen LogP contribution in [0.3, 0.4) is 0 Å². The van der Waals surface area contributed by atoms with Crippen molar-refractivity contribution in [3.63, 3.8) is 0 Å². The van der Waals surface area contributed by atoms with Crippen LogP contribution >= 0.6 is 0 Å². The molecule has 1 saturated carbocycles. The molecular formula is C14H19N3O. The molecule has 1 aromatic rings. The predicted octanol–water partition coefficient (Wildman–Crippen LogP) is 2.88. The Morgan fingerprint density at radius 2 is 2.39 bits per heavy atom. The Balaban J connectivity index is 2.07. The highest BCUT2D eigenvalue weighted by atomic mass is 16.5. The topological polar surface area (TPSA) is 71.9 Å². The molecule has 0 radical (unpaired) electrons. The lowest BCUT2D eigenvalue weighted by molar-refractivity contribution is 0.118. The molecule has 4 nitrogen and oxygen atoms in total. The summed E-state index contributed by atoms with van der Waals surface area (Å²) in [6.45, 7) is 2.22. The monoisotopic (exact) mass is 245 g/mol. The maximum atomic E-state index is 8.92. The van der Waals surface area contributed by atoms with Crippen molar-refractivity contribution in [3.8, 4) is 11.9 Å². The number of nitrogen functional groups attached to an aromatic ring is 1. The van der Waals surface area contributed by atoms with Gasteiger partial charge in [0.15, 0.2) is 0 Å². The van der Waals surface area contributed by atoms with Crippen molar-refractivity contribution in [3.05, 3.63) is 17.8 Å². The Labute approximate surface area is 108 Å². The van der Waals surface area contributed by atoms with Crippen LogP contribution in [0.4, 0.5) is 5.69 Å². The summed E-state index contributed by atoms with van der Waals surface area (Å²) in [4.78, 5) is 4.13. The van der Waals surface area contributed by atoms with E-state index in [0.29, 0.717) is 17.1 Å². The fraction of sp³-hybridized carbons (Fsp3) is 0.571. The standard InChI is InChI=1S/C14H19N3O/c1-2-10-4-3-5-12(8-10)18-14-13(16)11(9-15)6-7-17-14/h6-7,10,12H,2-5,8,16H2,1H3. The van der Waals surface area contributed by atoms with E-state index in [1.54, 1.807) is 12.3 Å². The van der Waals surface area contributed by atoms with Crippen molar-refractivity contribution < 1.29 is 4.74 Å². The maximum Gasteiger partial charge on any atom is 0.238 e. The fourth-order valence-corrected chi connectivity index (χ4v) is 2.52. The molecule has 0 bridgehead atoms. The fourth-order valence-electron chi connectivity index (χ4n) is 2.52. The largest absolute Gasteiger partial charge is 0.473 e. The van der Waals surface area contributed by atoms with Gasteiger partial charge < -0.3 is 10.5 Å². The first-order chi connectivity index (χ1) is 8.74. The maximum absolute atomic E-state index is 8.92. The molecule has 1 heterocycles. The number of aromatic nitrogens is 1. The molecule has 1 aliphatic carbocycles. The molecule has 4 heteroatoms. The van der Waals surface area contributed by atoms with Gasteiger partial charge in [0, 0.05) is 6.20 Å². The van der Waals surface area contributed by atoms with E-state index < -0.39 is 0 Å². The Kier molecular flexibility index (Phi) is 4.03. The van der Waals surface area contributed by atoms with Gasteiger partial charge >= 0.3 is 0 Å². The lowest BCUT2D eigenvalue weighted by atomic mass is 9.85. The van der Waals surface area contributed by atoms with Crippen molar-refractivity contribution in [2.24, 2.45) is 5.92 Å². The van der Waals surface area contributed by atoms with E-state index in [2.05, 4.69) is 11.9 Å². The first-order valence-corrected chi connectivity index (χ1v) is 6.55. The van der Waals surface area contributed by atoms with Gasteiger partial charge in [0.25, 0.3) is 0 Å². The van der Waals surface area contributed by atoms with E-state index in [4.69, 9.17) is 15.7 Å². The molecule has 0 spiro atoms. The van der Waals surface area contributed by atoms with Crippen LogP contribution in [0.5, 0.6) is 5.88 Å². The van der Waals surface area contributed by atoms with Crippen LogP contribution in [0.25, 0.3) is 0 Å². The molecule has 0 aromatic carbocycles. The summed E-state index contributed by atoms with van der Waals surface area (Å²) in [7, 11) is 0. The molecule has 2 unspecified atom stereocenters. The highest BCUT2D eigenvalue weighted by Crippen LogP contribution is 2.31. The number of nitriles is 1. The van der Waals surface area contributed by atoms with Gasteiger partial charge in [-0.05, 0) is 31.2 Å². The molecule has 1 aromatic heterocycles. The number of anilines is 1. The van der Waals surface area contributed by atoms with Gasteiger partial charge in [-0.25, -0.2) is 4.98 Å². The van der Waals surface area contributed by atoms with E-state index in [1.165, 1.54) is 19.3 Å². The second-order valence-corrected chi connectivity index (χ2v) is 4.87. The van der Waals surface area contributed by atoms with Crippen LogP contribution in [0, 0.1) is 17.2 Å². The molecule has 18 heavy (non-hydrogen) atoms. The van der Waals surface area contributed by atoms with Crippen LogP contribution in [0.15, 0.2) is 12.3 Å². The highest BCUT2D eigenvalue weighted by molar-refractivity contribution is 5.59. The van der Waals surface area contributed by atoms with Crippen LogP contribution < -0.4 is 10.5 Å². The predicted molar refractivity (Wildman–Crippen MR) is 70.0 cm³/mol. The van der Waals surface area contributed by atoms with Crippen LogP contribution in [-0.4, -0.2) is 11.1 Å². The third-order valence-electron chi connectivity index (χ3n) is 3.66.